The second kappa shape index (κ2) is 15.0. The molecule has 186 valence electrons. The molecule has 0 aliphatic carbocycles. The van der Waals surface area contributed by atoms with Gasteiger partial charge in [0.1, 0.15) is 0 Å². The number of nitro groups is 1. The first-order valence-corrected chi connectivity index (χ1v) is 12.2. The molecule has 2 aliphatic heterocycles. The van der Waals surface area contributed by atoms with E-state index >= 15 is 0 Å². The van der Waals surface area contributed by atoms with Crippen LogP contribution in [0.4, 0.5) is 11.4 Å². The fraction of sp³-hybridized carbons (Fsp3) is 0.500. The zero-order valence-corrected chi connectivity index (χ0v) is 20.5. The molecule has 0 spiro atoms. The quantitative estimate of drug-likeness (QED) is 0.393. The van der Waals surface area contributed by atoms with Crippen LogP contribution in [0.5, 0.6) is 0 Å². The van der Waals surface area contributed by atoms with Crippen molar-refractivity contribution in [1.82, 2.24) is 9.80 Å². The molecule has 0 radical (unpaired) electrons. The van der Waals surface area contributed by atoms with Crippen molar-refractivity contribution in [1.29, 1.82) is 0 Å². The van der Waals surface area contributed by atoms with Crippen LogP contribution in [0.3, 0.4) is 0 Å². The van der Waals surface area contributed by atoms with Gasteiger partial charge in [0.25, 0.3) is 5.69 Å². The van der Waals surface area contributed by atoms with E-state index in [4.69, 9.17) is 4.79 Å². The van der Waals surface area contributed by atoms with Crippen LogP contribution in [-0.4, -0.2) is 66.9 Å². The molecule has 0 unspecified atom stereocenters. The minimum absolute atomic E-state index is 0.162. The van der Waals surface area contributed by atoms with Crippen LogP contribution in [0.2, 0.25) is 0 Å². The lowest BCUT2D eigenvalue weighted by atomic mass is 9.95. The molecule has 0 aromatic heterocycles. The van der Waals surface area contributed by atoms with Crippen LogP contribution in [0.15, 0.2) is 54.6 Å². The SMILES string of the molecule is CC.NC=O.O=[N+]([O-])c1ccc(N2CCC(CN3CCN(Cc4ccccc4)CC3)CC2)cc1. The molecule has 2 fully saturated rings. The fourth-order valence-corrected chi connectivity index (χ4v) is 4.50. The van der Waals surface area contributed by atoms with Gasteiger partial charge in [-0.3, -0.25) is 19.8 Å². The molecule has 0 atom stereocenters. The lowest BCUT2D eigenvalue weighted by Crippen LogP contribution is -2.48. The molecule has 34 heavy (non-hydrogen) atoms. The smallest absolute Gasteiger partial charge is 0.269 e. The number of benzene rings is 2. The van der Waals surface area contributed by atoms with Crippen LogP contribution in [0, 0.1) is 16.0 Å². The molecule has 2 aromatic carbocycles. The molecular weight excluding hydrogens is 430 g/mol. The first kappa shape index (κ1) is 27.3. The van der Waals surface area contributed by atoms with E-state index in [1.165, 1.54) is 24.9 Å². The highest BCUT2D eigenvalue weighted by Crippen LogP contribution is 2.26. The van der Waals surface area contributed by atoms with Gasteiger partial charge in [-0.15, -0.1) is 0 Å². The summed E-state index contributed by atoms with van der Waals surface area (Å²) in [6.07, 6.45) is 2.64. The molecular formula is C26H39N5O3. The Balaban J connectivity index is 0.000000758. The lowest BCUT2D eigenvalue weighted by Gasteiger charge is -2.39. The molecule has 8 nitrogen and oxygen atoms in total. The van der Waals surface area contributed by atoms with Gasteiger partial charge in [-0.2, -0.15) is 0 Å². The predicted molar refractivity (Wildman–Crippen MR) is 138 cm³/mol. The number of amides is 1. The number of piperazine rings is 1. The number of rotatable bonds is 6. The van der Waals surface area contributed by atoms with E-state index in [1.54, 1.807) is 12.1 Å². The summed E-state index contributed by atoms with van der Waals surface area (Å²) in [7, 11) is 0. The standard InChI is InChI=1S/C23H30N4O2.C2H6.CH3NO/c28-27(29)23-8-6-22(7-9-23)26-12-10-21(11-13-26)19-25-16-14-24(15-17-25)18-20-4-2-1-3-5-20;1-2;2-1-3/h1-9,21H,10-19H2;1-2H3;1H,(H2,2,3). The van der Waals surface area contributed by atoms with Crippen LogP contribution < -0.4 is 10.6 Å². The normalized spacial score (nSPS) is 17.1. The maximum Gasteiger partial charge on any atom is 0.269 e. The molecule has 0 saturated carbocycles. The first-order chi connectivity index (χ1) is 16.6. The summed E-state index contributed by atoms with van der Waals surface area (Å²) in [5.74, 6) is 0.755. The van der Waals surface area contributed by atoms with Crippen LogP contribution in [0.25, 0.3) is 0 Å². The minimum atomic E-state index is -0.338. The van der Waals surface area contributed by atoms with Gasteiger partial charge < -0.3 is 15.5 Å². The number of hydrogen-bond donors (Lipinski definition) is 1. The Morgan fingerprint density at radius 2 is 1.44 bits per heavy atom. The highest BCUT2D eigenvalue weighted by Gasteiger charge is 2.24. The van der Waals surface area contributed by atoms with E-state index in [-0.39, 0.29) is 17.0 Å². The third-order valence-corrected chi connectivity index (χ3v) is 6.27. The van der Waals surface area contributed by atoms with Crippen molar-refractivity contribution in [2.24, 2.45) is 11.7 Å². The summed E-state index contributed by atoms with van der Waals surface area (Å²) in [5, 5.41) is 10.8. The van der Waals surface area contributed by atoms with E-state index in [1.807, 2.05) is 26.0 Å². The summed E-state index contributed by atoms with van der Waals surface area (Å²) >= 11 is 0. The zero-order valence-electron chi connectivity index (χ0n) is 20.5. The van der Waals surface area contributed by atoms with Crippen LogP contribution in [-0.2, 0) is 11.3 Å². The third-order valence-electron chi connectivity index (χ3n) is 6.27. The Kier molecular flexibility index (Phi) is 12.1. The Labute approximate surface area is 203 Å². The van der Waals surface area contributed by atoms with Crippen molar-refractivity contribution in [3.05, 3.63) is 70.3 Å². The van der Waals surface area contributed by atoms with Crippen LogP contribution in [0.1, 0.15) is 32.3 Å². The minimum Gasteiger partial charge on any atom is -0.372 e. The molecule has 0 bridgehead atoms. The van der Waals surface area contributed by atoms with Gasteiger partial charge in [0.2, 0.25) is 6.41 Å². The number of nitrogens with two attached hydrogens (primary N) is 1. The molecule has 8 heteroatoms. The number of non-ortho nitro benzene ring substituents is 1. The molecule has 4 rings (SSSR count). The van der Waals surface area contributed by atoms with Crippen molar-refractivity contribution in [2.75, 3.05) is 50.7 Å². The van der Waals surface area contributed by atoms with Gasteiger partial charge in [-0.05, 0) is 36.5 Å². The van der Waals surface area contributed by atoms with Crippen molar-refractivity contribution >= 4 is 17.8 Å². The molecule has 2 aromatic rings. The Hall–Kier alpha value is -2.97. The maximum atomic E-state index is 10.8. The van der Waals surface area contributed by atoms with Crippen molar-refractivity contribution in [3.8, 4) is 0 Å². The van der Waals surface area contributed by atoms with Gasteiger partial charge in [-0.25, -0.2) is 0 Å². The molecule has 2 saturated heterocycles. The Bertz CT molecular complexity index is 831. The van der Waals surface area contributed by atoms with Gasteiger partial charge >= 0.3 is 0 Å². The summed E-state index contributed by atoms with van der Waals surface area (Å²) in [6.45, 7) is 13.0. The van der Waals surface area contributed by atoms with Crippen LogP contribution >= 0.6 is 0 Å². The number of primary amides is 1. The third kappa shape index (κ3) is 8.76. The molecule has 2 aliphatic rings. The van der Waals surface area contributed by atoms with E-state index in [0.717, 1.165) is 57.4 Å². The van der Waals surface area contributed by atoms with E-state index in [2.05, 4.69) is 50.8 Å². The van der Waals surface area contributed by atoms with E-state index < -0.39 is 0 Å². The summed E-state index contributed by atoms with van der Waals surface area (Å²) in [6, 6.07) is 17.7. The number of anilines is 1. The average Bonchev–Trinajstić information content (AvgIpc) is 2.88. The predicted octanol–water partition coefficient (Wildman–Crippen LogP) is 3.76. The van der Waals surface area contributed by atoms with Gasteiger partial charge in [0.05, 0.1) is 4.92 Å². The summed E-state index contributed by atoms with van der Waals surface area (Å²) in [5.41, 5.74) is 6.83. The number of carbonyl (C=O) groups is 1. The lowest BCUT2D eigenvalue weighted by molar-refractivity contribution is -0.384. The highest BCUT2D eigenvalue weighted by atomic mass is 16.6. The molecule has 1 amide bonds. The molecule has 2 heterocycles. The Morgan fingerprint density at radius 3 is 1.97 bits per heavy atom. The number of nitro benzene ring substituents is 1. The highest BCUT2D eigenvalue weighted by molar-refractivity contribution is 5.51. The summed E-state index contributed by atoms with van der Waals surface area (Å²) in [4.78, 5) is 26.6. The fourth-order valence-electron chi connectivity index (χ4n) is 4.50. The Morgan fingerprint density at radius 1 is 0.912 bits per heavy atom. The largest absolute Gasteiger partial charge is 0.372 e. The number of hydrogen-bond acceptors (Lipinski definition) is 6. The monoisotopic (exact) mass is 469 g/mol. The van der Waals surface area contributed by atoms with Gasteiger partial charge in [-0.1, -0.05) is 44.2 Å². The second-order valence-electron chi connectivity index (χ2n) is 8.40. The van der Waals surface area contributed by atoms with Gasteiger partial charge in [0, 0.05) is 70.2 Å². The average molecular weight is 470 g/mol. The van der Waals surface area contributed by atoms with Crippen molar-refractivity contribution in [3.63, 3.8) is 0 Å². The van der Waals surface area contributed by atoms with Gasteiger partial charge in [0.15, 0.2) is 0 Å². The summed E-state index contributed by atoms with van der Waals surface area (Å²) < 4.78 is 0. The number of carbonyl (C=O) groups excluding carboxylic acids is 1. The first-order valence-electron chi connectivity index (χ1n) is 12.2. The maximum absolute atomic E-state index is 10.8. The topological polar surface area (TPSA) is 95.9 Å². The van der Waals surface area contributed by atoms with Crippen molar-refractivity contribution < 1.29 is 9.72 Å². The molecule has 2 N–H and O–H groups in total. The number of nitrogens with zero attached hydrogens (tertiary/aromatic N) is 4. The zero-order chi connectivity index (χ0) is 24.8. The van der Waals surface area contributed by atoms with Crippen molar-refractivity contribution in [2.45, 2.75) is 33.2 Å². The van der Waals surface area contributed by atoms with E-state index in [9.17, 15) is 10.1 Å². The van der Waals surface area contributed by atoms with E-state index in [0.29, 0.717) is 0 Å². The second-order valence-corrected chi connectivity index (χ2v) is 8.40. The number of piperidine rings is 1.